The summed E-state index contributed by atoms with van der Waals surface area (Å²) in [5, 5.41) is 6.96. The van der Waals surface area contributed by atoms with Crippen LogP contribution in [-0.4, -0.2) is 42.5 Å². The molecule has 1 atom stereocenters. The number of hydrogen-bond acceptors (Lipinski definition) is 3. The standard InChI is InChI=1S/C26H34N4O2/c1-26(2)17-22(21-9-5-6-10-23(21)32-26)29-25(27-3)28-18-19-11-13-20(14-12-19)24(31)30-15-7-4-8-16-30/h5-6,9-14,22H,4,7-8,15-18H2,1-3H3,(H2,27,28,29). The Kier molecular flexibility index (Phi) is 6.68. The lowest BCUT2D eigenvalue weighted by Gasteiger charge is -2.38. The molecule has 6 heteroatoms. The molecule has 2 heterocycles. The van der Waals surface area contributed by atoms with Crippen LogP contribution >= 0.6 is 0 Å². The number of carbonyl (C=O) groups is 1. The fraction of sp³-hybridized carbons (Fsp3) is 0.462. The Morgan fingerprint density at radius 2 is 1.81 bits per heavy atom. The Labute approximate surface area is 191 Å². The zero-order chi connectivity index (χ0) is 22.6. The van der Waals surface area contributed by atoms with Crippen molar-refractivity contribution in [1.82, 2.24) is 15.5 Å². The minimum atomic E-state index is -0.248. The van der Waals surface area contributed by atoms with E-state index in [0.717, 1.165) is 60.8 Å². The van der Waals surface area contributed by atoms with Crippen molar-refractivity contribution in [3.8, 4) is 5.75 Å². The van der Waals surface area contributed by atoms with E-state index in [0.29, 0.717) is 6.54 Å². The fourth-order valence-corrected chi connectivity index (χ4v) is 4.52. The molecule has 2 aromatic carbocycles. The molecule has 1 unspecified atom stereocenters. The molecule has 2 aromatic rings. The minimum absolute atomic E-state index is 0.116. The number of nitrogens with one attached hydrogen (secondary N) is 2. The average molecular weight is 435 g/mol. The highest BCUT2D eigenvalue weighted by atomic mass is 16.5. The third-order valence-electron chi connectivity index (χ3n) is 6.22. The van der Waals surface area contributed by atoms with Gasteiger partial charge in [0.25, 0.3) is 5.91 Å². The first-order valence-corrected chi connectivity index (χ1v) is 11.6. The molecule has 1 saturated heterocycles. The molecule has 1 fully saturated rings. The number of aliphatic imine (C=N–C) groups is 1. The molecule has 0 bridgehead atoms. The molecule has 170 valence electrons. The number of benzene rings is 2. The summed E-state index contributed by atoms with van der Waals surface area (Å²) in [6.07, 6.45) is 4.28. The molecule has 4 rings (SSSR count). The van der Waals surface area contributed by atoms with Crippen molar-refractivity contribution >= 4 is 11.9 Å². The van der Waals surface area contributed by atoms with Crippen LogP contribution in [0.15, 0.2) is 53.5 Å². The third-order valence-corrected chi connectivity index (χ3v) is 6.22. The Bertz CT molecular complexity index is 962. The molecule has 6 nitrogen and oxygen atoms in total. The van der Waals surface area contributed by atoms with E-state index in [2.05, 4.69) is 35.5 Å². The second kappa shape index (κ2) is 9.63. The summed E-state index contributed by atoms with van der Waals surface area (Å²) in [5.41, 5.74) is 2.77. The normalized spacial score (nSPS) is 20.2. The number of ether oxygens (including phenoxy) is 1. The summed E-state index contributed by atoms with van der Waals surface area (Å²) in [7, 11) is 1.78. The van der Waals surface area contributed by atoms with E-state index in [1.165, 1.54) is 6.42 Å². The van der Waals surface area contributed by atoms with E-state index in [1.54, 1.807) is 7.05 Å². The van der Waals surface area contributed by atoms with Crippen LogP contribution in [0.5, 0.6) is 5.75 Å². The smallest absolute Gasteiger partial charge is 0.253 e. The van der Waals surface area contributed by atoms with E-state index in [4.69, 9.17) is 4.74 Å². The lowest BCUT2D eigenvalue weighted by atomic mass is 9.90. The second-order valence-electron chi connectivity index (χ2n) is 9.28. The van der Waals surface area contributed by atoms with Crippen LogP contribution in [0.1, 0.15) is 67.1 Å². The monoisotopic (exact) mass is 434 g/mol. The maximum Gasteiger partial charge on any atom is 0.253 e. The number of para-hydroxylation sites is 1. The molecule has 2 N–H and O–H groups in total. The van der Waals surface area contributed by atoms with Gasteiger partial charge in [0.1, 0.15) is 11.4 Å². The number of rotatable bonds is 4. The Morgan fingerprint density at radius 3 is 2.53 bits per heavy atom. The Balaban J connectivity index is 1.36. The van der Waals surface area contributed by atoms with E-state index in [-0.39, 0.29) is 17.6 Å². The van der Waals surface area contributed by atoms with Gasteiger partial charge in [-0.05, 0) is 56.9 Å². The summed E-state index contributed by atoms with van der Waals surface area (Å²) in [4.78, 5) is 19.1. The van der Waals surface area contributed by atoms with Gasteiger partial charge in [0, 0.05) is 44.2 Å². The number of hydrogen-bond donors (Lipinski definition) is 2. The number of nitrogens with zero attached hydrogens (tertiary/aromatic N) is 2. The highest BCUT2D eigenvalue weighted by Crippen LogP contribution is 2.39. The molecule has 0 radical (unpaired) electrons. The first kappa shape index (κ1) is 22.2. The minimum Gasteiger partial charge on any atom is -0.487 e. The summed E-state index contributed by atoms with van der Waals surface area (Å²) >= 11 is 0. The Hall–Kier alpha value is -3.02. The molecular formula is C26H34N4O2. The fourth-order valence-electron chi connectivity index (χ4n) is 4.52. The molecule has 32 heavy (non-hydrogen) atoms. The second-order valence-corrected chi connectivity index (χ2v) is 9.28. The van der Waals surface area contributed by atoms with Gasteiger partial charge in [0.05, 0.1) is 6.04 Å². The highest BCUT2D eigenvalue weighted by molar-refractivity contribution is 5.94. The van der Waals surface area contributed by atoms with Crippen molar-refractivity contribution in [2.45, 2.75) is 57.7 Å². The molecule has 2 aliphatic rings. The quantitative estimate of drug-likeness (QED) is 0.557. The van der Waals surface area contributed by atoms with Crippen LogP contribution in [0.4, 0.5) is 0 Å². The van der Waals surface area contributed by atoms with Gasteiger partial charge >= 0.3 is 0 Å². The molecule has 0 aliphatic carbocycles. The van der Waals surface area contributed by atoms with Gasteiger partial charge < -0.3 is 20.3 Å². The number of piperidine rings is 1. The van der Waals surface area contributed by atoms with Crippen LogP contribution in [0.25, 0.3) is 0 Å². The molecular weight excluding hydrogens is 400 g/mol. The molecule has 0 saturated carbocycles. The maximum atomic E-state index is 12.7. The van der Waals surface area contributed by atoms with Gasteiger partial charge in [-0.15, -0.1) is 0 Å². The van der Waals surface area contributed by atoms with Crippen LogP contribution in [0, 0.1) is 0 Å². The number of fused-ring (bicyclic) bond motifs is 1. The lowest BCUT2D eigenvalue weighted by molar-refractivity contribution is 0.0693. The van der Waals surface area contributed by atoms with Crippen LogP contribution in [0.2, 0.25) is 0 Å². The predicted octanol–water partition coefficient (Wildman–Crippen LogP) is 4.28. The van der Waals surface area contributed by atoms with E-state index < -0.39 is 0 Å². The predicted molar refractivity (Wildman–Crippen MR) is 128 cm³/mol. The van der Waals surface area contributed by atoms with Crippen LogP contribution < -0.4 is 15.4 Å². The van der Waals surface area contributed by atoms with Gasteiger partial charge in [-0.25, -0.2) is 0 Å². The van der Waals surface area contributed by atoms with E-state index >= 15 is 0 Å². The molecule has 1 amide bonds. The van der Waals surface area contributed by atoms with Gasteiger partial charge in [-0.1, -0.05) is 30.3 Å². The third kappa shape index (κ3) is 5.23. The van der Waals surface area contributed by atoms with Crippen molar-refractivity contribution in [3.63, 3.8) is 0 Å². The van der Waals surface area contributed by atoms with Crippen LogP contribution in [-0.2, 0) is 6.54 Å². The zero-order valence-electron chi connectivity index (χ0n) is 19.4. The van der Waals surface area contributed by atoms with Crippen molar-refractivity contribution in [2.24, 2.45) is 4.99 Å². The number of amides is 1. The first-order valence-electron chi connectivity index (χ1n) is 11.6. The van der Waals surface area contributed by atoms with Crippen molar-refractivity contribution in [1.29, 1.82) is 0 Å². The van der Waals surface area contributed by atoms with E-state index in [1.807, 2.05) is 47.4 Å². The summed E-state index contributed by atoms with van der Waals surface area (Å²) in [5.74, 6) is 1.81. The van der Waals surface area contributed by atoms with Crippen molar-refractivity contribution in [3.05, 3.63) is 65.2 Å². The van der Waals surface area contributed by atoms with Gasteiger partial charge in [-0.3, -0.25) is 9.79 Å². The lowest BCUT2D eigenvalue weighted by Crippen LogP contribution is -2.45. The zero-order valence-corrected chi connectivity index (χ0v) is 19.4. The van der Waals surface area contributed by atoms with E-state index in [9.17, 15) is 4.79 Å². The van der Waals surface area contributed by atoms with Gasteiger partial charge in [0.15, 0.2) is 5.96 Å². The first-order chi connectivity index (χ1) is 15.4. The SMILES string of the molecule is CN=C(NCc1ccc(C(=O)N2CCCCC2)cc1)NC1CC(C)(C)Oc2ccccc21. The number of likely N-dealkylation sites (tertiary alicyclic amines) is 1. The van der Waals surface area contributed by atoms with Crippen molar-refractivity contribution in [2.75, 3.05) is 20.1 Å². The van der Waals surface area contributed by atoms with Gasteiger partial charge in [-0.2, -0.15) is 0 Å². The topological polar surface area (TPSA) is 66.0 Å². The van der Waals surface area contributed by atoms with Gasteiger partial charge in [0.2, 0.25) is 0 Å². The number of carbonyl (C=O) groups excluding carboxylic acids is 1. The molecule has 2 aliphatic heterocycles. The van der Waals surface area contributed by atoms with Crippen molar-refractivity contribution < 1.29 is 9.53 Å². The summed E-state index contributed by atoms with van der Waals surface area (Å²) < 4.78 is 6.14. The molecule has 0 spiro atoms. The highest BCUT2D eigenvalue weighted by Gasteiger charge is 2.33. The average Bonchev–Trinajstić information content (AvgIpc) is 2.81. The summed E-state index contributed by atoms with van der Waals surface area (Å²) in [6, 6.07) is 16.2. The van der Waals surface area contributed by atoms with Crippen LogP contribution in [0.3, 0.4) is 0 Å². The maximum absolute atomic E-state index is 12.7. The Morgan fingerprint density at radius 1 is 1.09 bits per heavy atom. The molecule has 0 aromatic heterocycles. The summed E-state index contributed by atoms with van der Waals surface area (Å²) in [6.45, 7) is 6.60. The number of guanidine groups is 1. The largest absolute Gasteiger partial charge is 0.487 e.